The van der Waals surface area contributed by atoms with Crippen LogP contribution < -0.4 is 11.1 Å². The summed E-state index contributed by atoms with van der Waals surface area (Å²) in [5.74, 6) is 1.40. The van der Waals surface area contributed by atoms with E-state index in [4.69, 9.17) is 5.73 Å². The molecule has 0 atom stereocenters. The lowest BCUT2D eigenvalue weighted by Gasteiger charge is -2.09. The zero-order chi connectivity index (χ0) is 12.0. The molecule has 0 saturated heterocycles. The van der Waals surface area contributed by atoms with E-state index in [1.807, 2.05) is 6.07 Å². The number of nitrogens with one attached hydrogen (secondary N) is 1. The molecule has 0 bridgehead atoms. The first-order chi connectivity index (χ1) is 7.61. The number of aryl methyl sites for hydroxylation is 1. The van der Waals surface area contributed by atoms with Crippen LogP contribution in [-0.4, -0.2) is 18.1 Å². The van der Waals surface area contributed by atoms with E-state index in [1.54, 1.807) is 6.20 Å². The largest absolute Gasteiger partial charge is 0.383 e. The maximum atomic E-state index is 5.85. The third-order valence-corrected chi connectivity index (χ3v) is 2.66. The van der Waals surface area contributed by atoms with Crippen molar-refractivity contribution in [1.29, 1.82) is 0 Å². The Morgan fingerprint density at radius 3 is 2.81 bits per heavy atom. The normalized spacial score (nSPS) is 11.0. The van der Waals surface area contributed by atoms with Gasteiger partial charge < -0.3 is 11.1 Å². The molecular formula is C13H23N3. The van der Waals surface area contributed by atoms with E-state index >= 15 is 0 Å². The number of hydrogen-bond acceptors (Lipinski definition) is 3. The molecule has 3 nitrogen and oxygen atoms in total. The Hall–Kier alpha value is -1.09. The molecule has 0 aliphatic heterocycles. The van der Waals surface area contributed by atoms with Crippen LogP contribution in [0.1, 0.15) is 31.4 Å². The van der Waals surface area contributed by atoms with E-state index in [-0.39, 0.29) is 0 Å². The maximum Gasteiger partial charge on any atom is 0.126 e. The standard InChI is InChI=1S/C13H23N3/c1-10(2)9-15-7-4-5-12-11(3)6-8-16-13(12)14/h6,8,10,15H,4-5,7,9H2,1-3H3,(H2,14,16). The van der Waals surface area contributed by atoms with Gasteiger partial charge in [-0.2, -0.15) is 0 Å². The number of aromatic nitrogens is 1. The van der Waals surface area contributed by atoms with Gasteiger partial charge in [0, 0.05) is 6.20 Å². The van der Waals surface area contributed by atoms with Gasteiger partial charge in [-0.1, -0.05) is 13.8 Å². The fourth-order valence-corrected chi connectivity index (χ4v) is 1.72. The molecule has 3 heteroatoms. The monoisotopic (exact) mass is 221 g/mol. The fraction of sp³-hybridized carbons (Fsp3) is 0.615. The predicted octanol–water partition coefficient (Wildman–Crippen LogP) is 2.15. The van der Waals surface area contributed by atoms with Gasteiger partial charge in [-0.3, -0.25) is 0 Å². The number of anilines is 1. The van der Waals surface area contributed by atoms with Crippen LogP contribution in [0.5, 0.6) is 0 Å². The third kappa shape index (κ3) is 4.19. The summed E-state index contributed by atoms with van der Waals surface area (Å²) < 4.78 is 0. The van der Waals surface area contributed by atoms with Gasteiger partial charge in [-0.15, -0.1) is 0 Å². The minimum Gasteiger partial charge on any atom is -0.383 e. The van der Waals surface area contributed by atoms with E-state index < -0.39 is 0 Å². The highest BCUT2D eigenvalue weighted by Gasteiger charge is 2.03. The number of nitrogens with two attached hydrogens (primary N) is 1. The van der Waals surface area contributed by atoms with E-state index in [0.717, 1.165) is 25.9 Å². The van der Waals surface area contributed by atoms with Gasteiger partial charge in [0.25, 0.3) is 0 Å². The average molecular weight is 221 g/mol. The number of nitrogens with zero attached hydrogens (tertiary/aromatic N) is 1. The van der Waals surface area contributed by atoms with Crippen LogP contribution in [0.3, 0.4) is 0 Å². The van der Waals surface area contributed by atoms with Crippen molar-refractivity contribution < 1.29 is 0 Å². The topological polar surface area (TPSA) is 50.9 Å². The van der Waals surface area contributed by atoms with Crippen LogP contribution in [0.4, 0.5) is 5.82 Å². The van der Waals surface area contributed by atoms with Crippen molar-refractivity contribution in [2.75, 3.05) is 18.8 Å². The number of hydrogen-bond donors (Lipinski definition) is 2. The second-order valence-electron chi connectivity index (χ2n) is 4.69. The lowest BCUT2D eigenvalue weighted by Crippen LogP contribution is -2.21. The first kappa shape index (κ1) is 13.0. The van der Waals surface area contributed by atoms with Crippen LogP contribution in [-0.2, 0) is 6.42 Å². The molecule has 0 unspecified atom stereocenters. The Bertz CT molecular complexity index is 301. The highest BCUT2D eigenvalue weighted by Crippen LogP contribution is 2.14. The molecule has 16 heavy (non-hydrogen) atoms. The molecule has 1 aromatic heterocycles. The summed E-state index contributed by atoms with van der Waals surface area (Å²) in [7, 11) is 0. The van der Waals surface area contributed by atoms with Crippen LogP contribution in [0.15, 0.2) is 12.3 Å². The molecule has 0 amide bonds. The van der Waals surface area contributed by atoms with Crippen LogP contribution in [0.25, 0.3) is 0 Å². The van der Waals surface area contributed by atoms with E-state index in [0.29, 0.717) is 11.7 Å². The molecule has 0 radical (unpaired) electrons. The molecule has 0 fully saturated rings. The van der Waals surface area contributed by atoms with Crippen molar-refractivity contribution in [2.24, 2.45) is 5.92 Å². The molecule has 3 N–H and O–H groups in total. The Morgan fingerprint density at radius 2 is 2.19 bits per heavy atom. The molecule has 0 aliphatic carbocycles. The highest BCUT2D eigenvalue weighted by atomic mass is 14.9. The zero-order valence-corrected chi connectivity index (χ0v) is 10.6. The highest BCUT2D eigenvalue weighted by molar-refractivity contribution is 5.43. The summed E-state index contributed by atoms with van der Waals surface area (Å²) in [5, 5.41) is 3.43. The summed E-state index contributed by atoms with van der Waals surface area (Å²) in [6.45, 7) is 8.66. The Morgan fingerprint density at radius 1 is 1.44 bits per heavy atom. The molecule has 0 saturated carbocycles. The summed E-state index contributed by atoms with van der Waals surface area (Å²) >= 11 is 0. The van der Waals surface area contributed by atoms with E-state index in [2.05, 4.69) is 31.1 Å². The van der Waals surface area contributed by atoms with Gasteiger partial charge in [0.1, 0.15) is 5.82 Å². The minimum absolute atomic E-state index is 0.684. The quantitative estimate of drug-likeness (QED) is 0.724. The van der Waals surface area contributed by atoms with Crippen LogP contribution in [0.2, 0.25) is 0 Å². The van der Waals surface area contributed by atoms with Crippen molar-refractivity contribution >= 4 is 5.82 Å². The number of rotatable bonds is 6. The SMILES string of the molecule is Cc1ccnc(N)c1CCCNCC(C)C. The summed E-state index contributed by atoms with van der Waals surface area (Å²) in [6.07, 6.45) is 3.89. The molecule has 1 aromatic rings. The van der Waals surface area contributed by atoms with E-state index in [9.17, 15) is 0 Å². The Balaban J connectivity index is 2.32. The minimum atomic E-state index is 0.684. The van der Waals surface area contributed by atoms with Gasteiger partial charge >= 0.3 is 0 Å². The van der Waals surface area contributed by atoms with Gasteiger partial charge in [-0.05, 0) is 56.0 Å². The molecule has 1 rings (SSSR count). The molecular weight excluding hydrogens is 198 g/mol. The van der Waals surface area contributed by atoms with E-state index in [1.165, 1.54) is 11.1 Å². The van der Waals surface area contributed by atoms with Gasteiger partial charge in [0.2, 0.25) is 0 Å². The van der Waals surface area contributed by atoms with Gasteiger partial charge in [0.15, 0.2) is 0 Å². The first-order valence-electron chi connectivity index (χ1n) is 6.02. The van der Waals surface area contributed by atoms with Gasteiger partial charge in [0.05, 0.1) is 0 Å². The van der Waals surface area contributed by atoms with Crippen molar-refractivity contribution in [3.8, 4) is 0 Å². The van der Waals surface area contributed by atoms with Crippen LogP contribution >= 0.6 is 0 Å². The lowest BCUT2D eigenvalue weighted by atomic mass is 10.1. The molecule has 1 heterocycles. The fourth-order valence-electron chi connectivity index (χ4n) is 1.72. The third-order valence-electron chi connectivity index (χ3n) is 2.66. The molecule has 0 aliphatic rings. The smallest absolute Gasteiger partial charge is 0.126 e. The van der Waals surface area contributed by atoms with Gasteiger partial charge in [-0.25, -0.2) is 4.98 Å². The number of nitrogen functional groups attached to an aromatic ring is 1. The maximum absolute atomic E-state index is 5.85. The predicted molar refractivity (Wildman–Crippen MR) is 69.4 cm³/mol. The second kappa shape index (κ2) is 6.48. The lowest BCUT2D eigenvalue weighted by molar-refractivity contribution is 0.543. The number of pyridine rings is 1. The van der Waals surface area contributed by atoms with Crippen LogP contribution in [0, 0.1) is 12.8 Å². The second-order valence-corrected chi connectivity index (χ2v) is 4.69. The molecule has 0 spiro atoms. The van der Waals surface area contributed by atoms with Crippen molar-refractivity contribution in [1.82, 2.24) is 10.3 Å². The summed E-state index contributed by atoms with van der Waals surface area (Å²) in [5.41, 5.74) is 8.30. The van der Waals surface area contributed by atoms with Crippen molar-refractivity contribution in [3.05, 3.63) is 23.4 Å². The molecule has 0 aromatic carbocycles. The Labute approximate surface area is 98.5 Å². The zero-order valence-electron chi connectivity index (χ0n) is 10.6. The summed E-state index contributed by atoms with van der Waals surface area (Å²) in [6, 6.07) is 2.02. The van der Waals surface area contributed by atoms with Crippen molar-refractivity contribution in [2.45, 2.75) is 33.6 Å². The molecule has 90 valence electrons. The Kier molecular flexibility index (Phi) is 5.26. The average Bonchev–Trinajstić information content (AvgIpc) is 2.21. The summed E-state index contributed by atoms with van der Waals surface area (Å²) in [4.78, 5) is 4.12. The first-order valence-corrected chi connectivity index (χ1v) is 6.02. The van der Waals surface area contributed by atoms with Crippen molar-refractivity contribution in [3.63, 3.8) is 0 Å².